The third kappa shape index (κ3) is 3.56. The molecule has 1 aromatic carbocycles. The van der Waals surface area contributed by atoms with Crippen molar-refractivity contribution in [1.82, 2.24) is 0 Å². The van der Waals surface area contributed by atoms with E-state index in [9.17, 15) is 4.79 Å². The second-order valence-corrected chi connectivity index (χ2v) is 4.76. The minimum atomic E-state index is -0.877. The third-order valence-electron chi connectivity index (χ3n) is 2.09. The first-order valence-corrected chi connectivity index (χ1v) is 6.10. The van der Waals surface area contributed by atoms with E-state index in [1.165, 1.54) is 7.11 Å². The predicted molar refractivity (Wildman–Crippen MR) is 62.4 cm³/mol. The lowest BCUT2D eigenvalue weighted by Crippen LogP contribution is -2.00. The van der Waals surface area contributed by atoms with E-state index in [2.05, 4.69) is 4.74 Å². The molecule has 0 saturated heterocycles. The summed E-state index contributed by atoms with van der Waals surface area (Å²) in [7, 11) is 3.74. The number of rotatable bonds is 5. The highest BCUT2D eigenvalue weighted by molar-refractivity contribution is 7.46. The molecule has 0 atom stereocenters. The van der Waals surface area contributed by atoms with Crippen molar-refractivity contribution in [2.75, 3.05) is 21.3 Å². The number of ether oxygens (including phenoxy) is 1. The molecule has 0 aliphatic carbocycles. The average Bonchev–Trinajstić information content (AvgIpc) is 2.35. The monoisotopic (exact) mass is 242 g/mol. The normalized spacial score (nSPS) is 10.5. The lowest BCUT2D eigenvalue weighted by atomic mass is 10.1. The van der Waals surface area contributed by atoms with Crippen LogP contribution in [0.4, 0.5) is 0 Å². The van der Waals surface area contributed by atoms with Crippen molar-refractivity contribution in [3.8, 4) is 0 Å². The van der Waals surface area contributed by atoms with E-state index in [-0.39, 0.29) is 5.97 Å². The van der Waals surface area contributed by atoms with Crippen LogP contribution in [0.5, 0.6) is 0 Å². The number of hydrogen-bond acceptors (Lipinski definition) is 4. The molecule has 0 fully saturated rings. The molecular formula is C11H15O4P. The Morgan fingerprint density at radius 3 is 2.12 bits per heavy atom. The molecule has 0 amide bonds. The minimum absolute atomic E-state index is 0.327. The van der Waals surface area contributed by atoms with Gasteiger partial charge in [-0.25, -0.2) is 4.79 Å². The van der Waals surface area contributed by atoms with Gasteiger partial charge in [-0.05, 0) is 17.7 Å². The average molecular weight is 242 g/mol. The summed E-state index contributed by atoms with van der Waals surface area (Å²) in [5.41, 5.74) is 1.62. The number of esters is 1. The van der Waals surface area contributed by atoms with E-state index in [4.69, 9.17) is 9.05 Å². The van der Waals surface area contributed by atoms with Gasteiger partial charge in [0.15, 0.2) is 8.38 Å². The van der Waals surface area contributed by atoms with Crippen molar-refractivity contribution in [2.45, 2.75) is 6.16 Å². The fraction of sp³-hybridized carbons (Fsp3) is 0.364. The van der Waals surface area contributed by atoms with Crippen LogP contribution in [0.2, 0.25) is 0 Å². The van der Waals surface area contributed by atoms with Crippen LogP contribution in [0.15, 0.2) is 24.3 Å². The van der Waals surface area contributed by atoms with Crippen LogP contribution in [0.1, 0.15) is 15.9 Å². The van der Waals surface area contributed by atoms with Crippen molar-refractivity contribution < 1.29 is 18.6 Å². The first kappa shape index (κ1) is 13.1. The second kappa shape index (κ2) is 6.59. The molecule has 0 radical (unpaired) electrons. The topological polar surface area (TPSA) is 44.8 Å². The molecule has 0 bridgehead atoms. The zero-order valence-electron chi connectivity index (χ0n) is 9.60. The molecule has 4 nitrogen and oxygen atoms in total. The largest absolute Gasteiger partial charge is 0.465 e. The van der Waals surface area contributed by atoms with Crippen LogP contribution in [-0.2, 0) is 19.9 Å². The lowest BCUT2D eigenvalue weighted by Gasteiger charge is -2.11. The van der Waals surface area contributed by atoms with Gasteiger partial charge in [0.25, 0.3) is 0 Å². The number of methoxy groups -OCH3 is 1. The number of benzene rings is 1. The summed E-state index contributed by atoms with van der Waals surface area (Å²) in [6, 6.07) is 7.22. The molecule has 88 valence electrons. The maximum Gasteiger partial charge on any atom is 0.337 e. The molecule has 0 aliphatic heterocycles. The van der Waals surface area contributed by atoms with Gasteiger partial charge in [0.1, 0.15) is 0 Å². The van der Waals surface area contributed by atoms with Gasteiger partial charge in [-0.1, -0.05) is 12.1 Å². The van der Waals surface area contributed by atoms with Gasteiger partial charge < -0.3 is 13.8 Å². The van der Waals surface area contributed by atoms with Gasteiger partial charge in [-0.3, -0.25) is 0 Å². The summed E-state index contributed by atoms with van der Waals surface area (Å²) in [4.78, 5) is 11.2. The highest BCUT2D eigenvalue weighted by Crippen LogP contribution is 2.39. The van der Waals surface area contributed by atoms with Crippen LogP contribution in [0, 0.1) is 0 Å². The van der Waals surface area contributed by atoms with Gasteiger partial charge in [0.05, 0.1) is 12.7 Å². The van der Waals surface area contributed by atoms with Crippen LogP contribution in [0.3, 0.4) is 0 Å². The molecule has 1 aromatic rings. The van der Waals surface area contributed by atoms with E-state index in [1.807, 2.05) is 12.1 Å². The standard InChI is InChI=1S/C11H15O4P/c1-13-11(12)10-6-4-9(5-7-10)8-16(14-2)15-3/h4-7H,8H2,1-3H3. The SMILES string of the molecule is COC(=O)c1ccc(CP(OC)OC)cc1. The quantitative estimate of drug-likeness (QED) is 0.588. The Kier molecular flexibility index (Phi) is 5.39. The van der Waals surface area contributed by atoms with Crippen LogP contribution in [-0.4, -0.2) is 27.3 Å². The lowest BCUT2D eigenvalue weighted by molar-refractivity contribution is 0.0600. The molecule has 1 rings (SSSR count). The summed E-state index contributed by atoms with van der Waals surface area (Å²) >= 11 is 0. The van der Waals surface area contributed by atoms with Gasteiger partial charge in [0.2, 0.25) is 0 Å². The fourth-order valence-corrected chi connectivity index (χ4v) is 2.13. The summed E-state index contributed by atoms with van der Waals surface area (Å²) in [5, 5.41) is 0. The summed E-state index contributed by atoms with van der Waals surface area (Å²) < 4.78 is 14.9. The highest BCUT2D eigenvalue weighted by Gasteiger charge is 2.09. The summed E-state index contributed by atoms with van der Waals surface area (Å²) in [6.07, 6.45) is 0.712. The van der Waals surface area contributed by atoms with E-state index in [1.54, 1.807) is 26.4 Å². The fourth-order valence-electron chi connectivity index (χ4n) is 1.22. The Hall–Kier alpha value is -0.960. The van der Waals surface area contributed by atoms with Crippen LogP contribution in [0.25, 0.3) is 0 Å². The van der Waals surface area contributed by atoms with Gasteiger partial charge in [0, 0.05) is 20.4 Å². The zero-order valence-corrected chi connectivity index (χ0v) is 10.5. The molecule has 0 N–H and O–H groups in total. The summed E-state index contributed by atoms with van der Waals surface area (Å²) in [6.45, 7) is 0. The zero-order chi connectivity index (χ0) is 12.0. The number of carbonyl (C=O) groups is 1. The van der Waals surface area contributed by atoms with Crippen LogP contribution < -0.4 is 0 Å². The maximum atomic E-state index is 11.2. The number of carbonyl (C=O) groups excluding carboxylic acids is 1. The van der Waals surface area contributed by atoms with Crippen molar-refractivity contribution in [1.29, 1.82) is 0 Å². The van der Waals surface area contributed by atoms with Crippen LogP contribution >= 0.6 is 8.38 Å². The molecule has 0 aromatic heterocycles. The molecular weight excluding hydrogens is 227 g/mol. The van der Waals surface area contributed by atoms with Crippen molar-refractivity contribution in [3.05, 3.63) is 35.4 Å². The van der Waals surface area contributed by atoms with Gasteiger partial charge in [-0.15, -0.1) is 0 Å². The van der Waals surface area contributed by atoms with E-state index in [0.717, 1.165) is 5.56 Å². The minimum Gasteiger partial charge on any atom is -0.465 e. The Morgan fingerprint density at radius 1 is 1.12 bits per heavy atom. The van der Waals surface area contributed by atoms with Crippen molar-refractivity contribution >= 4 is 14.3 Å². The van der Waals surface area contributed by atoms with E-state index >= 15 is 0 Å². The van der Waals surface area contributed by atoms with E-state index < -0.39 is 8.38 Å². The van der Waals surface area contributed by atoms with Crippen molar-refractivity contribution in [2.24, 2.45) is 0 Å². The second-order valence-electron chi connectivity index (χ2n) is 3.04. The van der Waals surface area contributed by atoms with Gasteiger partial charge in [-0.2, -0.15) is 0 Å². The Morgan fingerprint density at radius 2 is 1.69 bits per heavy atom. The maximum absolute atomic E-state index is 11.2. The molecule has 0 aliphatic rings. The molecule has 16 heavy (non-hydrogen) atoms. The molecule has 5 heteroatoms. The Balaban J connectivity index is 2.67. The first-order valence-electron chi connectivity index (χ1n) is 4.74. The number of hydrogen-bond donors (Lipinski definition) is 0. The van der Waals surface area contributed by atoms with Gasteiger partial charge >= 0.3 is 5.97 Å². The third-order valence-corrected chi connectivity index (χ3v) is 3.53. The highest BCUT2D eigenvalue weighted by atomic mass is 31.2. The summed E-state index contributed by atoms with van der Waals surface area (Å²) in [5.74, 6) is -0.327. The van der Waals surface area contributed by atoms with Crippen molar-refractivity contribution in [3.63, 3.8) is 0 Å². The molecule has 0 spiro atoms. The molecule has 0 unspecified atom stereocenters. The molecule has 0 saturated carbocycles. The first-order chi connectivity index (χ1) is 7.71. The smallest absolute Gasteiger partial charge is 0.337 e. The predicted octanol–water partition coefficient (Wildman–Crippen LogP) is 2.58. The molecule has 0 heterocycles. The Labute approximate surface area is 96.4 Å². The van der Waals surface area contributed by atoms with E-state index in [0.29, 0.717) is 11.7 Å². The Bertz CT molecular complexity index is 332.